The van der Waals surface area contributed by atoms with Crippen LogP contribution in [-0.2, 0) is 11.3 Å². The van der Waals surface area contributed by atoms with Gasteiger partial charge in [0.05, 0.1) is 18.8 Å². The quantitative estimate of drug-likeness (QED) is 0.779. The van der Waals surface area contributed by atoms with Crippen LogP contribution in [0.2, 0.25) is 0 Å². The van der Waals surface area contributed by atoms with Crippen LogP contribution in [0.4, 0.5) is 0 Å². The lowest BCUT2D eigenvalue weighted by atomic mass is 10.2. The highest BCUT2D eigenvalue weighted by atomic mass is 16.5. The summed E-state index contributed by atoms with van der Waals surface area (Å²) in [6.07, 6.45) is 3.20. The second kappa shape index (κ2) is 7.81. The number of nitrogens with zero attached hydrogens (tertiary/aromatic N) is 1. The molecule has 0 saturated carbocycles. The van der Waals surface area contributed by atoms with Crippen molar-refractivity contribution < 1.29 is 9.15 Å². The molecule has 4 heteroatoms. The van der Waals surface area contributed by atoms with E-state index in [9.17, 15) is 0 Å². The van der Waals surface area contributed by atoms with Crippen molar-refractivity contribution in [2.75, 3.05) is 26.2 Å². The molecule has 114 valence electrons. The SMILES string of the molecule is Cc1ccc(CNCCCCN2CC(C)OC(C)C2)o1. The Hall–Kier alpha value is -0.840. The maximum Gasteiger partial charge on any atom is 0.117 e. The maximum atomic E-state index is 5.75. The van der Waals surface area contributed by atoms with Crippen molar-refractivity contribution >= 4 is 0 Å². The third-order valence-electron chi connectivity index (χ3n) is 3.67. The number of rotatable bonds is 7. The molecular weight excluding hydrogens is 252 g/mol. The van der Waals surface area contributed by atoms with Gasteiger partial charge in [0.25, 0.3) is 0 Å². The Balaban J connectivity index is 1.51. The molecule has 1 fully saturated rings. The zero-order valence-corrected chi connectivity index (χ0v) is 13.0. The van der Waals surface area contributed by atoms with E-state index in [1.165, 1.54) is 19.4 Å². The van der Waals surface area contributed by atoms with E-state index < -0.39 is 0 Å². The first-order valence-electron chi connectivity index (χ1n) is 7.77. The molecular formula is C16H28N2O2. The average Bonchev–Trinajstić information content (AvgIpc) is 2.78. The van der Waals surface area contributed by atoms with Gasteiger partial charge in [0.1, 0.15) is 11.5 Å². The minimum absolute atomic E-state index is 0.374. The minimum atomic E-state index is 0.374. The van der Waals surface area contributed by atoms with E-state index in [0.29, 0.717) is 12.2 Å². The third-order valence-corrected chi connectivity index (χ3v) is 3.67. The number of hydrogen-bond donors (Lipinski definition) is 1. The van der Waals surface area contributed by atoms with Crippen LogP contribution in [0, 0.1) is 6.92 Å². The molecule has 0 bridgehead atoms. The molecule has 0 amide bonds. The molecule has 2 unspecified atom stereocenters. The summed E-state index contributed by atoms with van der Waals surface area (Å²) in [6, 6.07) is 4.05. The van der Waals surface area contributed by atoms with E-state index in [2.05, 4.69) is 24.1 Å². The molecule has 1 saturated heterocycles. The molecule has 0 spiro atoms. The van der Waals surface area contributed by atoms with Gasteiger partial charge in [-0.2, -0.15) is 0 Å². The largest absolute Gasteiger partial charge is 0.465 e. The van der Waals surface area contributed by atoms with Crippen LogP contribution in [0.5, 0.6) is 0 Å². The molecule has 0 aromatic carbocycles. The second-order valence-corrected chi connectivity index (χ2v) is 5.91. The Morgan fingerprint density at radius 1 is 1.20 bits per heavy atom. The van der Waals surface area contributed by atoms with Gasteiger partial charge in [-0.05, 0) is 58.8 Å². The normalized spacial score (nSPS) is 24.1. The molecule has 1 aromatic rings. The van der Waals surface area contributed by atoms with Gasteiger partial charge in [0.15, 0.2) is 0 Å². The van der Waals surface area contributed by atoms with Crippen LogP contribution in [0.3, 0.4) is 0 Å². The standard InChI is InChI=1S/C16H28N2O2/c1-13-6-7-16(20-13)10-17-8-4-5-9-18-11-14(2)19-15(3)12-18/h6-7,14-15,17H,4-5,8-12H2,1-3H3. The first kappa shape index (κ1) is 15.5. The number of unbranched alkanes of at least 4 members (excludes halogenated alkanes) is 1. The summed E-state index contributed by atoms with van der Waals surface area (Å²) in [7, 11) is 0. The van der Waals surface area contributed by atoms with Crippen molar-refractivity contribution in [2.45, 2.75) is 52.4 Å². The van der Waals surface area contributed by atoms with E-state index in [1.807, 2.05) is 19.1 Å². The van der Waals surface area contributed by atoms with Crippen molar-refractivity contribution in [1.29, 1.82) is 0 Å². The molecule has 1 N–H and O–H groups in total. The highest BCUT2D eigenvalue weighted by Crippen LogP contribution is 2.11. The van der Waals surface area contributed by atoms with Crippen molar-refractivity contribution in [3.63, 3.8) is 0 Å². The van der Waals surface area contributed by atoms with E-state index in [-0.39, 0.29) is 0 Å². The Bertz CT molecular complexity index is 382. The lowest BCUT2D eigenvalue weighted by Crippen LogP contribution is -2.45. The minimum Gasteiger partial charge on any atom is -0.465 e. The zero-order chi connectivity index (χ0) is 14.4. The summed E-state index contributed by atoms with van der Waals surface area (Å²) < 4.78 is 11.3. The molecule has 2 atom stereocenters. The Labute approximate surface area is 122 Å². The number of nitrogens with one attached hydrogen (secondary N) is 1. The molecule has 2 heterocycles. The predicted octanol–water partition coefficient (Wildman–Crippen LogP) is 2.57. The summed E-state index contributed by atoms with van der Waals surface area (Å²) in [4.78, 5) is 2.52. The molecule has 20 heavy (non-hydrogen) atoms. The molecule has 2 rings (SSSR count). The van der Waals surface area contributed by atoms with Crippen molar-refractivity contribution in [1.82, 2.24) is 10.2 Å². The smallest absolute Gasteiger partial charge is 0.117 e. The fourth-order valence-electron chi connectivity index (χ4n) is 2.84. The van der Waals surface area contributed by atoms with Gasteiger partial charge in [-0.3, -0.25) is 4.90 Å². The van der Waals surface area contributed by atoms with Crippen LogP contribution in [0.25, 0.3) is 0 Å². The van der Waals surface area contributed by atoms with E-state index in [4.69, 9.17) is 9.15 Å². The van der Waals surface area contributed by atoms with E-state index in [1.54, 1.807) is 0 Å². The van der Waals surface area contributed by atoms with Crippen molar-refractivity contribution in [2.24, 2.45) is 0 Å². The Morgan fingerprint density at radius 2 is 1.95 bits per heavy atom. The van der Waals surface area contributed by atoms with Crippen LogP contribution >= 0.6 is 0 Å². The fourth-order valence-corrected chi connectivity index (χ4v) is 2.84. The van der Waals surface area contributed by atoms with Crippen LogP contribution in [0.15, 0.2) is 16.5 Å². The van der Waals surface area contributed by atoms with Crippen molar-refractivity contribution in [3.8, 4) is 0 Å². The van der Waals surface area contributed by atoms with Gasteiger partial charge in [0, 0.05) is 13.1 Å². The first-order valence-corrected chi connectivity index (χ1v) is 7.77. The summed E-state index contributed by atoms with van der Waals surface area (Å²) >= 11 is 0. The number of hydrogen-bond acceptors (Lipinski definition) is 4. The molecule has 0 radical (unpaired) electrons. The summed E-state index contributed by atoms with van der Waals surface area (Å²) in [6.45, 7) is 11.5. The fraction of sp³-hybridized carbons (Fsp3) is 0.750. The Morgan fingerprint density at radius 3 is 2.60 bits per heavy atom. The number of aryl methyl sites for hydroxylation is 1. The molecule has 1 aliphatic heterocycles. The lowest BCUT2D eigenvalue weighted by molar-refractivity contribution is -0.0681. The predicted molar refractivity (Wildman–Crippen MR) is 80.8 cm³/mol. The topological polar surface area (TPSA) is 37.6 Å². The second-order valence-electron chi connectivity index (χ2n) is 5.91. The lowest BCUT2D eigenvalue weighted by Gasteiger charge is -2.35. The van der Waals surface area contributed by atoms with Gasteiger partial charge in [-0.25, -0.2) is 0 Å². The summed E-state index contributed by atoms with van der Waals surface area (Å²) in [5.41, 5.74) is 0. The average molecular weight is 280 g/mol. The molecule has 1 aromatic heterocycles. The number of furan rings is 1. The van der Waals surface area contributed by atoms with Gasteiger partial charge in [0.2, 0.25) is 0 Å². The molecule has 4 nitrogen and oxygen atoms in total. The van der Waals surface area contributed by atoms with Crippen molar-refractivity contribution in [3.05, 3.63) is 23.7 Å². The van der Waals surface area contributed by atoms with E-state index >= 15 is 0 Å². The van der Waals surface area contributed by atoms with Crippen LogP contribution < -0.4 is 5.32 Å². The first-order chi connectivity index (χ1) is 9.63. The van der Waals surface area contributed by atoms with E-state index in [0.717, 1.165) is 37.7 Å². The van der Waals surface area contributed by atoms with Gasteiger partial charge < -0.3 is 14.5 Å². The summed E-state index contributed by atoms with van der Waals surface area (Å²) in [5, 5.41) is 3.43. The third kappa shape index (κ3) is 5.27. The van der Waals surface area contributed by atoms with Gasteiger partial charge in [-0.15, -0.1) is 0 Å². The maximum absolute atomic E-state index is 5.75. The van der Waals surface area contributed by atoms with Gasteiger partial charge >= 0.3 is 0 Å². The zero-order valence-electron chi connectivity index (χ0n) is 13.0. The Kier molecular flexibility index (Phi) is 6.07. The molecule has 1 aliphatic rings. The molecule has 0 aliphatic carbocycles. The summed E-state index contributed by atoms with van der Waals surface area (Å²) in [5.74, 6) is 2.01. The van der Waals surface area contributed by atoms with Gasteiger partial charge in [-0.1, -0.05) is 0 Å². The number of ether oxygens (including phenoxy) is 1. The highest BCUT2D eigenvalue weighted by Gasteiger charge is 2.21. The number of morpholine rings is 1. The van der Waals surface area contributed by atoms with Crippen LogP contribution in [-0.4, -0.2) is 43.3 Å². The van der Waals surface area contributed by atoms with Crippen LogP contribution in [0.1, 0.15) is 38.2 Å². The highest BCUT2D eigenvalue weighted by molar-refractivity contribution is 5.04. The monoisotopic (exact) mass is 280 g/mol.